The van der Waals surface area contributed by atoms with E-state index in [1.807, 2.05) is 35.2 Å². The fraction of sp³-hybridized carbons (Fsp3) is 0.524. The summed E-state index contributed by atoms with van der Waals surface area (Å²) in [5.74, 6) is 0.814. The molecule has 2 fully saturated rings. The lowest BCUT2D eigenvalue weighted by Crippen LogP contribution is -2.41. The highest BCUT2D eigenvalue weighted by Gasteiger charge is 2.29. The summed E-state index contributed by atoms with van der Waals surface area (Å²) in [4.78, 5) is 18.7. The van der Waals surface area contributed by atoms with Crippen molar-refractivity contribution >= 4 is 5.91 Å². The molecule has 1 aromatic heterocycles. The van der Waals surface area contributed by atoms with Crippen LogP contribution in [-0.4, -0.2) is 41.1 Å². The molecule has 0 atom stereocenters. The number of oxazole rings is 1. The molecular formula is C21H26N2O3. The number of carbonyl (C=O) groups is 1. The van der Waals surface area contributed by atoms with Gasteiger partial charge in [0.05, 0.1) is 18.4 Å². The minimum absolute atomic E-state index is 0.108. The van der Waals surface area contributed by atoms with Crippen molar-refractivity contribution in [2.45, 2.75) is 57.2 Å². The van der Waals surface area contributed by atoms with Crippen molar-refractivity contribution in [3.63, 3.8) is 0 Å². The summed E-state index contributed by atoms with van der Waals surface area (Å²) in [6.45, 7) is 1.43. The number of ether oxygens (including phenoxy) is 1. The summed E-state index contributed by atoms with van der Waals surface area (Å²) in [6.07, 6.45) is 9.82. The molecule has 0 unspecified atom stereocenters. The molecular weight excluding hydrogens is 328 g/mol. The van der Waals surface area contributed by atoms with Crippen LogP contribution in [0.2, 0.25) is 0 Å². The second kappa shape index (κ2) is 8.04. The quantitative estimate of drug-likeness (QED) is 0.819. The number of amides is 1. The number of carbonyl (C=O) groups excluding carboxylic acids is 1. The summed E-state index contributed by atoms with van der Waals surface area (Å²) in [7, 11) is 0. The number of likely N-dealkylation sites (tertiary alicyclic amines) is 1. The Morgan fingerprint density at radius 1 is 1.08 bits per heavy atom. The van der Waals surface area contributed by atoms with Crippen LogP contribution in [0.15, 0.2) is 40.9 Å². The molecule has 1 saturated heterocycles. The highest BCUT2D eigenvalue weighted by atomic mass is 16.5. The van der Waals surface area contributed by atoms with Crippen molar-refractivity contribution in [3.05, 3.63) is 53.7 Å². The lowest BCUT2D eigenvalue weighted by Gasteiger charge is -2.32. The van der Waals surface area contributed by atoms with Gasteiger partial charge in [-0.05, 0) is 31.2 Å². The molecule has 0 N–H and O–H groups in total. The maximum atomic E-state index is 12.6. The van der Waals surface area contributed by atoms with Gasteiger partial charge in [-0.2, -0.15) is 0 Å². The Kier molecular flexibility index (Phi) is 5.34. The van der Waals surface area contributed by atoms with Crippen LogP contribution in [0, 0.1) is 0 Å². The van der Waals surface area contributed by atoms with E-state index in [1.165, 1.54) is 25.7 Å². The Hall–Kier alpha value is -2.14. The van der Waals surface area contributed by atoms with Crippen LogP contribution in [0.5, 0.6) is 0 Å². The number of hydrogen-bond donors (Lipinski definition) is 0. The predicted molar refractivity (Wildman–Crippen MR) is 98.0 cm³/mol. The molecule has 2 heterocycles. The van der Waals surface area contributed by atoms with Crippen molar-refractivity contribution < 1.29 is 13.9 Å². The van der Waals surface area contributed by atoms with Gasteiger partial charge < -0.3 is 14.1 Å². The third kappa shape index (κ3) is 4.15. The zero-order valence-corrected chi connectivity index (χ0v) is 15.1. The van der Waals surface area contributed by atoms with Gasteiger partial charge in [0, 0.05) is 19.5 Å². The Bertz CT molecular complexity index is 714. The Morgan fingerprint density at radius 3 is 2.50 bits per heavy atom. The third-order valence-corrected chi connectivity index (χ3v) is 5.37. The smallest absolute Gasteiger partial charge is 0.309 e. The van der Waals surface area contributed by atoms with Crippen LogP contribution in [-0.2, 0) is 11.2 Å². The molecule has 1 amide bonds. The number of benzene rings is 1. The summed E-state index contributed by atoms with van der Waals surface area (Å²) in [5.41, 5.74) is 1.15. The van der Waals surface area contributed by atoms with Gasteiger partial charge in [-0.15, -0.1) is 0 Å². The largest absolute Gasteiger partial charge is 0.437 e. The summed E-state index contributed by atoms with van der Waals surface area (Å²) >= 11 is 0. The first kappa shape index (κ1) is 17.3. The zero-order valence-electron chi connectivity index (χ0n) is 15.1. The molecule has 5 heteroatoms. The van der Waals surface area contributed by atoms with E-state index in [2.05, 4.69) is 4.98 Å². The fourth-order valence-electron chi connectivity index (χ4n) is 3.91. The minimum Gasteiger partial charge on any atom is -0.437 e. The number of piperidine rings is 1. The van der Waals surface area contributed by atoms with Crippen molar-refractivity contribution in [2.24, 2.45) is 0 Å². The standard InChI is InChI=1S/C21H26N2O3/c24-21(20-22-15-19(26-20)14-16-6-2-1-3-7-16)23-12-10-18(11-13-23)25-17-8-4-5-9-17/h1-3,6-7,15,17-18H,4-5,8-14H2. The van der Waals surface area contributed by atoms with Crippen LogP contribution in [0.3, 0.4) is 0 Å². The van der Waals surface area contributed by atoms with E-state index in [0.29, 0.717) is 31.7 Å². The minimum atomic E-state index is -0.108. The number of rotatable bonds is 5. The van der Waals surface area contributed by atoms with Gasteiger partial charge >= 0.3 is 5.91 Å². The van der Waals surface area contributed by atoms with E-state index >= 15 is 0 Å². The number of hydrogen-bond acceptors (Lipinski definition) is 4. The van der Waals surface area contributed by atoms with E-state index in [-0.39, 0.29) is 11.8 Å². The van der Waals surface area contributed by atoms with E-state index in [0.717, 1.165) is 24.2 Å². The van der Waals surface area contributed by atoms with Crippen molar-refractivity contribution in [3.8, 4) is 0 Å². The van der Waals surface area contributed by atoms with Crippen molar-refractivity contribution in [1.82, 2.24) is 9.88 Å². The first-order chi connectivity index (χ1) is 12.8. The van der Waals surface area contributed by atoms with Gasteiger partial charge in [0.25, 0.3) is 5.89 Å². The molecule has 0 radical (unpaired) electrons. The normalized spacial score (nSPS) is 19.2. The SMILES string of the molecule is O=C(c1ncc(Cc2ccccc2)o1)N1CCC(OC2CCCC2)CC1. The summed E-state index contributed by atoms with van der Waals surface area (Å²) in [5, 5.41) is 0. The molecule has 4 rings (SSSR count). The van der Waals surface area contributed by atoms with Crippen LogP contribution in [0.25, 0.3) is 0 Å². The van der Waals surface area contributed by atoms with Crippen LogP contribution in [0.4, 0.5) is 0 Å². The fourth-order valence-corrected chi connectivity index (χ4v) is 3.91. The van der Waals surface area contributed by atoms with Crippen molar-refractivity contribution in [1.29, 1.82) is 0 Å². The molecule has 1 saturated carbocycles. The number of aromatic nitrogens is 1. The van der Waals surface area contributed by atoms with E-state index in [1.54, 1.807) is 6.20 Å². The first-order valence-corrected chi connectivity index (χ1v) is 9.71. The summed E-state index contributed by atoms with van der Waals surface area (Å²) in [6, 6.07) is 10.1. The molecule has 0 spiro atoms. The van der Waals surface area contributed by atoms with Gasteiger partial charge in [0.2, 0.25) is 0 Å². The Balaban J connectivity index is 1.29. The Labute approximate surface area is 154 Å². The molecule has 5 nitrogen and oxygen atoms in total. The van der Waals surface area contributed by atoms with E-state index < -0.39 is 0 Å². The molecule has 138 valence electrons. The molecule has 1 aromatic carbocycles. The monoisotopic (exact) mass is 354 g/mol. The molecule has 26 heavy (non-hydrogen) atoms. The third-order valence-electron chi connectivity index (χ3n) is 5.37. The van der Waals surface area contributed by atoms with Gasteiger partial charge in [-0.3, -0.25) is 4.79 Å². The van der Waals surface area contributed by atoms with Crippen LogP contribution < -0.4 is 0 Å². The van der Waals surface area contributed by atoms with E-state index in [9.17, 15) is 4.79 Å². The first-order valence-electron chi connectivity index (χ1n) is 9.71. The van der Waals surface area contributed by atoms with Gasteiger partial charge in [-0.1, -0.05) is 43.2 Å². The second-order valence-corrected chi connectivity index (χ2v) is 7.33. The molecule has 1 aliphatic carbocycles. The van der Waals surface area contributed by atoms with Crippen LogP contribution in [0.1, 0.15) is 60.5 Å². The lowest BCUT2D eigenvalue weighted by molar-refractivity contribution is -0.0361. The van der Waals surface area contributed by atoms with Gasteiger partial charge in [0.1, 0.15) is 5.76 Å². The average Bonchev–Trinajstić information content (AvgIpc) is 3.35. The predicted octanol–water partition coefficient (Wildman–Crippen LogP) is 3.83. The molecule has 0 bridgehead atoms. The maximum absolute atomic E-state index is 12.6. The number of nitrogens with zero attached hydrogens (tertiary/aromatic N) is 2. The van der Waals surface area contributed by atoms with Crippen LogP contribution >= 0.6 is 0 Å². The second-order valence-electron chi connectivity index (χ2n) is 7.33. The topological polar surface area (TPSA) is 55.6 Å². The van der Waals surface area contributed by atoms with Gasteiger partial charge in [-0.25, -0.2) is 4.98 Å². The molecule has 2 aromatic rings. The zero-order chi connectivity index (χ0) is 17.8. The maximum Gasteiger partial charge on any atom is 0.309 e. The Morgan fingerprint density at radius 2 is 1.77 bits per heavy atom. The lowest BCUT2D eigenvalue weighted by atomic mass is 10.1. The highest BCUT2D eigenvalue weighted by molar-refractivity contribution is 5.89. The van der Waals surface area contributed by atoms with Crippen molar-refractivity contribution in [2.75, 3.05) is 13.1 Å². The van der Waals surface area contributed by atoms with E-state index in [4.69, 9.17) is 9.15 Å². The molecule has 1 aliphatic heterocycles. The highest BCUT2D eigenvalue weighted by Crippen LogP contribution is 2.26. The average molecular weight is 354 g/mol. The summed E-state index contributed by atoms with van der Waals surface area (Å²) < 4.78 is 11.9. The van der Waals surface area contributed by atoms with Gasteiger partial charge in [0.15, 0.2) is 0 Å². The molecule has 2 aliphatic rings.